The Morgan fingerprint density at radius 2 is 2.03 bits per heavy atom. The maximum absolute atomic E-state index is 13.0. The summed E-state index contributed by atoms with van der Waals surface area (Å²) in [5.41, 5.74) is 1.83. The summed E-state index contributed by atoms with van der Waals surface area (Å²) in [6.45, 7) is 9.21. The minimum absolute atomic E-state index is 0.246. The number of rotatable bonds is 7. The second-order valence-corrected chi connectivity index (χ2v) is 7.24. The van der Waals surface area contributed by atoms with Crippen LogP contribution in [0, 0.1) is 0 Å². The summed E-state index contributed by atoms with van der Waals surface area (Å²) in [4.78, 5) is 29.7. The second kappa shape index (κ2) is 9.91. The normalized spacial score (nSPS) is 20.4. The topological polar surface area (TPSA) is 71.1 Å². The van der Waals surface area contributed by atoms with E-state index in [1.807, 2.05) is 12.1 Å². The zero-order valence-electron chi connectivity index (χ0n) is 16.5. The number of esters is 1. The molecule has 8 heteroatoms. The molecule has 2 aliphatic heterocycles. The smallest absolute Gasteiger partial charge is 0.338 e. The SMILES string of the molecule is C=CCN1C(=O)NC(c2ccc(Cl)cc2)C(C(=O)OCC)=C1CN1CCOCC1. The van der Waals surface area contributed by atoms with Gasteiger partial charge in [-0.05, 0) is 24.6 Å². The maximum Gasteiger partial charge on any atom is 0.338 e. The van der Waals surface area contributed by atoms with Crippen molar-refractivity contribution >= 4 is 23.6 Å². The molecule has 156 valence electrons. The zero-order valence-corrected chi connectivity index (χ0v) is 17.3. The van der Waals surface area contributed by atoms with E-state index in [9.17, 15) is 9.59 Å². The number of urea groups is 1. The van der Waals surface area contributed by atoms with Gasteiger partial charge in [0.1, 0.15) is 0 Å². The molecule has 1 unspecified atom stereocenters. The number of hydrogen-bond donors (Lipinski definition) is 1. The molecule has 1 aromatic rings. The average Bonchev–Trinajstić information content (AvgIpc) is 2.72. The summed E-state index contributed by atoms with van der Waals surface area (Å²) < 4.78 is 10.8. The van der Waals surface area contributed by atoms with Gasteiger partial charge in [0.2, 0.25) is 0 Å². The van der Waals surface area contributed by atoms with Crippen LogP contribution in [0.2, 0.25) is 5.02 Å². The van der Waals surface area contributed by atoms with Crippen molar-refractivity contribution in [2.75, 3.05) is 46.0 Å². The van der Waals surface area contributed by atoms with Crippen LogP contribution in [-0.4, -0.2) is 67.8 Å². The van der Waals surface area contributed by atoms with E-state index in [0.29, 0.717) is 42.6 Å². The molecule has 0 aliphatic carbocycles. The molecule has 29 heavy (non-hydrogen) atoms. The molecule has 0 saturated carbocycles. The molecule has 1 N–H and O–H groups in total. The minimum Gasteiger partial charge on any atom is -0.463 e. The standard InChI is InChI=1S/C21H26ClN3O4/c1-3-9-25-17(14-24-10-12-28-13-11-24)18(20(26)29-4-2)19(23-21(25)27)15-5-7-16(22)8-6-15/h3,5-8,19H,1,4,9-14H2,2H3,(H,23,27). The molecule has 0 radical (unpaired) electrons. The van der Waals surface area contributed by atoms with Gasteiger partial charge in [-0.15, -0.1) is 6.58 Å². The maximum atomic E-state index is 13.0. The van der Waals surface area contributed by atoms with Crippen LogP contribution in [0.25, 0.3) is 0 Å². The first-order valence-corrected chi connectivity index (χ1v) is 10.1. The van der Waals surface area contributed by atoms with Crippen LogP contribution >= 0.6 is 11.6 Å². The van der Waals surface area contributed by atoms with E-state index in [1.54, 1.807) is 30.0 Å². The highest BCUT2D eigenvalue weighted by Gasteiger charge is 2.38. The molecular formula is C21H26ClN3O4. The Balaban J connectivity index is 2.08. The van der Waals surface area contributed by atoms with Crippen molar-refractivity contribution in [1.29, 1.82) is 0 Å². The summed E-state index contributed by atoms with van der Waals surface area (Å²) >= 11 is 6.02. The number of hydrogen-bond acceptors (Lipinski definition) is 5. The quantitative estimate of drug-likeness (QED) is 0.543. The summed E-state index contributed by atoms with van der Waals surface area (Å²) in [5.74, 6) is -0.440. The van der Waals surface area contributed by atoms with Gasteiger partial charge in [0.25, 0.3) is 0 Å². The van der Waals surface area contributed by atoms with Crippen molar-refractivity contribution in [1.82, 2.24) is 15.1 Å². The van der Waals surface area contributed by atoms with E-state index < -0.39 is 12.0 Å². The summed E-state index contributed by atoms with van der Waals surface area (Å²) in [7, 11) is 0. The fourth-order valence-corrected chi connectivity index (χ4v) is 3.65. The molecule has 0 spiro atoms. The van der Waals surface area contributed by atoms with Gasteiger partial charge in [-0.1, -0.05) is 29.8 Å². The molecule has 7 nitrogen and oxygen atoms in total. The second-order valence-electron chi connectivity index (χ2n) is 6.80. The van der Waals surface area contributed by atoms with Crippen LogP contribution in [0.5, 0.6) is 0 Å². The van der Waals surface area contributed by atoms with Crippen molar-refractivity contribution in [3.8, 4) is 0 Å². The molecule has 2 heterocycles. The van der Waals surface area contributed by atoms with Crippen LogP contribution in [0.4, 0.5) is 4.79 Å². The molecule has 2 aliphatic rings. The van der Waals surface area contributed by atoms with Crippen LogP contribution in [0.15, 0.2) is 48.2 Å². The summed E-state index contributed by atoms with van der Waals surface area (Å²) in [6, 6.07) is 6.20. The van der Waals surface area contributed by atoms with Gasteiger partial charge in [0, 0.05) is 36.9 Å². The van der Waals surface area contributed by atoms with Crippen molar-refractivity contribution in [3.05, 3.63) is 58.8 Å². The number of ether oxygens (including phenoxy) is 2. The highest BCUT2D eigenvalue weighted by atomic mass is 35.5. The Labute approximate surface area is 175 Å². The Morgan fingerprint density at radius 3 is 2.66 bits per heavy atom. The predicted octanol–water partition coefficient (Wildman–Crippen LogP) is 2.74. The predicted molar refractivity (Wildman–Crippen MR) is 111 cm³/mol. The highest BCUT2D eigenvalue weighted by Crippen LogP contribution is 2.32. The number of nitrogens with one attached hydrogen (secondary N) is 1. The zero-order chi connectivity index (χ0) is 20.8. The number of carbonyl (C=O) groups is 2. The number of carbonyl (C=O) groups excluding carboxylic acids is 2. The van der Waals surface area contributed by atoms with Crippen molar-refractivity contribution in [2.45, 2.75) is 13.0 Å². The minimum atomic E-state index is -0.615. The third-order valence-electron chi connectivity index (χ3n) is 4.93. The Kier molecular flexibility index (Phi) is 7.30. The van der Waals surface area contributed by atoms with E-state index in [-0.39, 0.29) is 12.6 Å². The van der Waals surface area contributed by atoms with Gasteiger partial charge in [0.15, 0.2) is 0 Å². The van der Waals surface area contributed by atoms with Crippen molar-refractivity contribution < 1.29 is 19.1 Å². The van der Waals surface area contributed by atoms with Crippen molar-refractivity contribution in [3.63, 3.8) is 0 Å². The Morgan fingerprint density at radius 1 is 1.34 bits per heavy atom. The van der Waals surface area contributed by atoms with E-state index in [1.165, 1.54) is 0 Å². The summed E-state index contributed by atoms with van der Waals surface area (Å²) in [5, 5.41) is 3.52. The largest absolute Gasteiger partial charge is 0.463 e. The lowest BCUT2D eigenvalue weighted by Gasteiger charge is -2.38. The van der Waals surface area contributed by atoms with Gasteiger partial charge in [0.05, 0.1) is 31.4 Å². The van der Waals surface area contributed by atoms with E-state index in [4.69, 9.17) is 21.1 Å². The lowest BCUT2D eigenvalue weighted by molar-refractivity contribution is -0.139. The lowest BCUT2D eigenvalue weighted by Crippen LogP contribution is -2.51. The van der Waals surface area contributed by atoms with Crippen molar-refractivity contribution in [2.24, 2.45) is 0 Å². The van der Waals surface area contributed by atoms with E-state index in [0.717, 1.165) is 18.7 Å². The number of halogens is 1. The van der Waals surface area contributed by atoms with Gasteiger partial charge < -0.3 is 14.8 Å². The van der Waals surface area contributed by atoms with Gasteiger partial charge in [-0.2, -0.15) is 0 Å². The number of morpholine rings is 1. The average molecular weight is 420 g/mol. The molecule has 0 bridgehead atoms. The lowest BCUT2D eigenvalue weighted by atomic mass is 9.94. The molecular weight excluding hydrogens is 394 g/mol. The number of amides is 2. The van der Waals surface area contributed by atoms with E-state index in [2.05, 4.69) is 16.8 Å². The fourth-order valence-electron chi connectivity index (χ4n) is 3.52. The fraction of sp³-hybridized carbons (Fsp3) is 0.429. The molecule has 1 atom stereocenters. The molecule has 1 saturated heterocycles. The van der Waals surface area contributed by atoms with Crippen LogP contribution in [-0.2, 0) is 14.3 Å². The Bertz CT molecular complexity index is 788. The van der Waals surface area contributed by atoms with Gasteiger partial charge in [-0.3, -0.25) is 9.80 Å². The van der Waals surface area contributed by atoms with Crippen LogP contribution < -0.4 is 5.32 Å². The monoisotopic (exact) mass is 419 g/mol. The summed E-state index contributed by atoms with van der Waals surface area (Å²) in [6.07, 6.45) is 1.64. The number of benzene rings is 1. The third-order valence-corrected chi connectivity index (χ3v) is 5.18. The molecule has 3 rings (SSSR count). The third kappa shape index (κ3) is 4.98. The highest BCUT2D eigenvalue weighted by molar-refractivity contribution is 6.30. The Hall–Kier alpha value is -2.35. The molecule has 2 amide bonds. The first-order chi connectivity index (χ1) is 14.0. The molecule has 1 aromatic carbocycles. The van der Waals surface area contributed by atoms with Crippen LogP contribution in [0.1, 0.15) is 18.5 Å². The molecule has 0 aromatic heterocycles. The van der Waals surface area contributed by atoms with Gasteiger partial charge >= 0.3 is 12.0 Å². The first kappa shape index (κ1) is 21.4. The molecule has 1 fully saturated rings. The number of nitrogens with zero attached hydrogens (tertiary/aromatic N) is 2. The van der Waals surface area contributed by atoms with Gasteiger partial charge in [-0.25, -0.2) is 9.59 Å². The first-order valence-electron chi connectivity index (χ1n) is 9.69. The van der Waals surface area contributed by atoms with Crippen LogP contribution in [0.3, 0.4) is 0 Å². The van der Waals surface area contributed by atoms with E-state index >= 15 is 0 Å².